The van der Waals surface area contributed by atoms with Gasteiger partial charge in [0.2, 0.25) is 5.91 Å². The summed E-state index contributed by atoms with van der Waals surface area (Å²) in [4.78, 5) is 14.1. The molecular formula is C20H23FN2O2. The van der Waals surface area contributed by atoms with E-state index in [1.165, 1.54) is 17.7 Å². The van der Waals surface area contributed by atoms with Gasteiger partial charge in [-0.1, -0.05) is 23.8 Å². The SMILES string of the molecule is Cc1ccc(OC2CCN(C(=O)CNc3cccc(F)c3)CC2)cc1. The van der Waals surface area contributed by atoms with Crippen LogP contribution in [0.1, 0.15) is 18.4 Å². The highest BCUT2D eigenvalue weighted by atomic mass is 19.1. The zero-order chi connectivity index (χ0) is 17.6. The van der Waals surface area contributed by atoms with Gasteiger partial charge in [-0.25, -0.2) is 4.39 Å². The van der Waals surface area contributed by atoms with Crippen LogP contribution < -0.4 is 10.1 Å². The molecule has 1 amide bonds. The predicted molar refractivity (Wildman–Crippen MR) is 96.3 cm³/mol. The van der Waals surface area contributed by atoms with Crippen molar-refractivity contribution in [2.24, 2.45) is 0 Å². The van der Waals surface area contributed by atoms with Gasteiger partial charge in [0.1, 0.15) is 17.7 Å². The molecule has 0 radical (unpaired) electrons. The minimum Gasteiger partial charge on any atom is -0.490 e. The number of anilines is 1. The van der Waals surface area contributed by atoms with Gasteiger partial charge in [0.05, 0.1) is 6.54 Å². The maximum Gasteiger partial charge on any atom is 0.241 e. The monoisotopic (exact) mass is 342 g/mol. The normalized spacial score (nSPS) is 15.0. The molecule has 1 saturated heterocycles. The summed E-state index contributed by atoms with van der Waals surface area (Å²) in [7, 11) is 0. The number of carbonyl (C=O) groups excluding carboxylic acids is 1. The predicted octanol–water partition coefficient (Wildman–Crippen LogP) is 3.62. The highest BCUT2D eigenvalue weighted by Crippen LogP contribution is 2.19. The number of piperidine rings is 1. The lowest BCUT2D eigenvalue weighted by Gasteiger charge is -2.32. The molecule has 4 nitrogen and oxygen atoms in total. The Morgan fingerprint density at radius 3 is 2.60 bits per heavy atom. The Morgan fingerprint density at radius 1 is 1.20 bits per heavy atom. The third-order valence-electron chi connectivity index (χ3n) is 4.39. The van der Waals surface area contributed by atoms with E-state index in [9.17, 15) is 9.18 Å². The van der Waals surface area contributed by atoms with Crippen molar-refractivity contribution in [1.82, 2.24) is 4.90 Å². The number of aryl methyl sites for hydroxylation is 1. The van der Waals surface area contributed by atoms with Crippen LogP contribution >= 0.6 is 0 Å². The maximum atomic E-state index is 13.1. The number of nitrogens with zero attached hydrogens (tertiary/aromatic N) is 1. The molecule has 0 saturated carbocycles. The van der Waals surface area contributed by atoms with Crippen LogP contribution in [0.15, 0.2) is 48.5 Å². The number of nitrogens with one attached hydrogen (secondary N) is 1. The van der Waals surface area contributed by atoms with Crippen molar-refractivity contribution < 1.29 is 13.9 Å². The number of hydrogen-bond acceptors (Lipinski definition) is 3. The number of benzene rings is 2. The molecule has 0 bridgehead atoms. The number of ether oxygens (including phenoxy) is 1. The van der Waals surface area contributed by atoms with Crippen LogP contribution in [0.4, 0.5) is 10.1 Å². The van der Waals surface area contributed by atoms with Crippen LogP contribution in [0.25, 0.3) is 0 Å². The Hall–Kier alpha value is -2.56. The molecule has 1 aliphatic heterocycles. The fourth-order valence-electron chi connectivity index (χ4n) is 2.92. The number of carbonyl (C=O) groups is 1. The van der Waals surface area contributed by atoms with Crippen molar-refractivity contribution in [2.45, 2.75) is 25.9 Å². The minimum atomic E-state index is -0.313. The van der Waals surface area contributed by atoms with E-state index in [0.29, 0.717) is 18.8 Å². The highest BCUT2D eigenvalue weighted by Gasteiger charge is 2.23. The quantitative estimate of drug-likeness (QED) is 0.902. The van der Waals surface area contributed by atoms with Gasteiger partial charge >= 0.3 is 0 Å². The van der Waals surface area contributed by atoms with Gasteiger partial charge in [0.25, 0.3) is 0 Å². The zero-order valence-electron chi connectivity index (χ0n) is 14.4. The summed E-state index contributed by atoms with van der Waals surface area (Å²) in [6.07, 6.45) is 1.78. The second-order valence-electron chi connectivity index (χ2n) is 6.37. The fraction of sp³-hybridized carbons (Fsp3) is 0.350. The summed E-state index contributed by atoms with van der Waals surface area (Å²) in [5.41, 5.74) is 1.82. The smallest absolute Gasteiger partial charge is 0.241 e. The number of amides is 1. The number of halogens is 1. The average Bonchev–Trinajstić information content (AvgIpc) is 2.62. The van der Waals surface area contributed by atoms with Crippen LogP contribution in [-0.4, -0.2) is 36.5 Å². The Bertz CT molecular complexity index is 710. The van der Waals surface area contributed by atoms with Crippen LogP contribution in [0.3, 0.4) is 0 Å². The molecule has 132 valence electrons. The van der Waals surface area contributed by atoms with Gasteiger partial charge in [-0.05, 0) is 37.3 Å². The van der Waals surface area contributed by atoms with E-state index in [4.69, 9.17) is 4.74 Å². The number of likely N-dealkylation sites (tertiary alicyclic amines) is 1. The van der Waals surface area contributed by atoms with E-state index in [1.807, 2.05) is 36.1 Å². The molecule has 3 rings (SSSR count). The summed E-state index contributed by atoms with van der Waals surface area (Å²) in [6.45, 7) is 3.58. The van der Waals surface area contributed by atoms with Gasteiger partial charge in [0, 0.05) is 31.6 Å². The summed E-state index contributed by atoms with van der Waals surface area (Å²) in [5, 5.41) is 2.98. The molecule has 5 heteroatoms. The van der Waals surface area contributed by atoms with E-state index in [0.717, 1.165) is 18.6 Å². The molecule has 1 aliphatic rings. The lowest BCUT2D eigenvalue weighted by molar-refractivity contribution is -0.131. The number of rotatable bonds is 5. The molecule has 0 spiro atoms. The van der Waals surface area contributed by atoms with Gasteiger partial charge < -0.3 is 15.0 Å². The lowest BCUT2D eigenvalue weighted by atomic mass is 10.1. The molecule has 0 aliphatic carbocycles. The van der Waals surface area contributed by atoms with Gasteiger partial charge in [0.15, 0.2) is 0 Å². The van der Waals surface area contributed by atoms with E-state index in [1.54, 1.807) is 12.1 Å². The summed E-state index contributed by atoms with van der Waals surface area (Å²) < 4.78 is 19.1. The molecule has 0 aromatic heterocycles. The van der Waals surface area contributed by atoms with Crippen molar-refractivity contribution in [3.8, 4) is 5.75 Å². The van der Waals surface area contributed by atoms with Crippen LogP contribution in [0.5, 0.6) is 5.75 Å². The molecule has 0 unspecified atom stereocenters. The Labute approximate surface area is 147 Å². The van der Waals surface area contributed by atoms with Crippen molar-refractivity contribution in [2.75, 3.05) is 25.0 Å². The average molecular weight is 342 g/mol. The van der Waals surface area contributed by atoms with Crippen LogP contribution in [-0.2, 0) is 4.79 Å². The van der Waals surface area contributed by atoms with Gasteiger partial charge in [-0.15, -0.1) is 0 Å². The van der Waals surface area contributed by atoms with Gasteiger partial charge in [-0.3, -0.25) is 4.79 Å². The standard InChI is InChI=1S/C20H23FN2O2/c1-15-5-7-18(8-6-15)25-19-9-11-23(12-10-19)20(24)14-22-17-4-2-3-16(21)13-17/h2-8,13,19,22H,9-12,14H2,1H3. The first kappa shape index (κ1) is 17.3. The molecular weight excluding hydrogens is 319 g/mol. The summed E-state index contributed by atoms with van der Waals surface area (Å²) in [6, 6.07) is 14.2. The first-order valence-corrected chi connectivity index (χ1v) is 8.61. The third kappa shape index (κ3) is 4.95. The Morgan fingerprint density at radius 2 is 1.92 bits per heavy atom. The molecule has 2 aromatic carbocycles. The first-order chi connectivity index (χ1) is 12.1. The maximum absolute atomic E-state index is 13.1. The largest absolute Gasteiger partial charge is 0.490 e. The van der Waals surface area contributed by atoms with Crippen molar-refractivity contribution in [3.05, 3.63) is 59.9 Å². The second kappa shape index (κ2) is 8.01. The van der Waals surface area contributed by atoms with Crippen molar-refractivity contribution in [3.63, 3.8) is 0 Å². The lowest BCUT2D eigenvalue weighted by Crippen LogP contribution is -2.44. The zero-order valence-corrected chi connectivity index (χ0v) is 14.4. The molecule has 1 fully saturated rings. The molecule has 0 atom stereocenters. The van der Waals surface area contributed by atoms with Crippen molar-refractivity contribution >= 4 is 11.6 Å². The van der Waals surface area contributed by atoms with E-state index < -0.39 is 0 Å². The summed E-state index contributed by atoms with van der Waals surface area (Å²) >= 11 is 0. The summed E-state index contributed by atoms with van der Waals surface area (Å²) in [5.74, 6) is 0.590. The van der Waals surface area contributed by atoms with Gasteiger partial charge in [-0.2, -0.15) is 0 Å². The highest BCUT2D eigenvalue weighted by molar-refractivity contribution is 5.80. The van der Waals surface area contributed by atoms with Crippen LogP contribution in [0.2, 0.25) is 0 Å². The van der Waals surface area contributed by atoms with E-state index in [2.05, 4.69) is 5.32 Å². The Kier molecular flexibility index (Phi) is 5.53. The van der Waals surface area contributed by atoms with E-state index >= 15 is 0 Å². The topological polar surface area (TPSA) is 41.6 Å². The Balaban J connectivity index is 1.43. The second-order valence-corrected chi connectivity index (χ2v) is 6.37. The molecule has 2 aromatic rings. The number of hydrogen-bond donors (Lipinski definition) is 1. The molecule has 1 heterocycles. The third-order valence-corrected chi connectivity index (χ3v) is 4.39. The fourth-order valence-corrected chi connectivity index (χ4v) is 2.92. The van der Waals surface area contributed by atoms with E-state index in [-0.39, 0.29) is 24.4 Å². The molecule has 1 N–H and O–H groups in total. The van der Waals surface area contributed by atoms with Crippen molar-refractivity contribution in [1.29, 1.82) is 0 Å². The first-order valence-electron chi connectivity index (χ1n) is 8.61. The van der Waals surface area contributed by atoms with Crippen LogP contribution in [0, 0.1) is 12.7 Å². The molecule has 25 heavy (non-hydrogen) atoms. The minimum absolute atomic E-state index is 0.0260.